The molecule has 8 heteroatoms. The van der Waals surface area contributed by atoms with Gasteiger partial charge in [-0.3, -0.25) is 9.69 Å². The Balaban J connectivity index is 1.24. The molecule has 1 fully saturated rings. The van der Waals surface area contributed by atoms with Crippen molar-refractivity contribution in [1.29, 1.82) is 0 Å². The molecule has 2 aromatic carbocycles. The van der Waals surface area contributed by atoms with Crippen LogP contribution in [0, 0.1) is 5.92 Å². The third-order valence-corrected chi connectivity index (χ3v) is 7.39. The predicted octanol–water partition coefficient (Wildman–Crippen LogP) is 3.92. The Morgan fingerprint density at radius 3 is 2.90 bits per heavy atom. The summed E-state index contributed by atoms with van der Waals surface area (Å²) in [6.45, 7) is 3.13. The molecule has 0 N–H and O–H groups in total. The van der Waals surface area contributed by atoms with Gasteiger partial charge >= 0.3 is 0 Å². The number of piperidine rings is 1. The van der Waals surface area contributed by atoms with Gasteiger partial charge in [0, 0.05) is 26.2 Å². The topological polar surface area (TPSA) is 63.5 Å². The van der Waals surface area contributed by atoms with Crippen molar-refractivity contribution in [2.75, 3.05) is 36.5 Å². The lowest BCUT2D eigenvalue weighted by atomic mass is 9.97. The first-order valence-electron chi connectivity index (χ1n) is 10.7. The number of aromatic nitrogens is 3. The Bertz CT molecular complexity index is 1300. The van der Waals surface area contributed by atoms with Crippen LogP contribution in [0.3, 0.4) is 0 Å². The maximum absolute atomic E-state index is 13.5. The van der Waals surface area contributed by atoms with Crippen LogP contribution in [0.25, 0.3) is 21.3 Å². The van der Waals surface area contributed by atoms with Crippen molar-refractivity contribution in [2.45, 2.75) is 19.4 Å². The lowest BCUT2D eigenvalue weighted by Crippen LogP contribution is -2.44. The summed E-state index contributed by atoms with van der Waals surface area (Å²) < 4.78 is 8.61. The molecule has 1 amide bonds. The average molecular weight is 434 g/mol. The summed E-state index contributed by atoms with van der Waals surface area (Å²) in [6.07, 6.45) is 1.89. The van der Waals surface area contributed by atoms with Gasteiger partial charge in [-0.25, -0.2) is 9.97 Å². The highest BCUT2D eigenvalue weighted by molar-refractivity contribution is 7.22. The highest BCUT2D eigenvalue weighted by Crippen LogP contribution is 2.35. The van der Waals surface area contributed by atoms with Crippen molar-refractivity contribution in [2.24, 2.45) is 5.92 Å². The van der Waals surface area contributed by atoms with Gasteiger partial charge in [0.15, 0.2) is 5.13 Å². The molecule has 1 atom stereocenters. The minimum atomic E-state index is -0.0401. The number of methoxy groups -OCH3 is 1. The monoisotopic (exact) mass is 433 g/mol. The molecule has 0 radical (unpaired) electrons. The van der Waals surface area contributed by atoms with Crippen LogP contribution in [0.2, 0.25) is 0 Å². The van der Waals surface area contributed by atoms with Gasteiger partial charge < -0.3 is 14.2 Å². The number of amides is 1. The van der Waals surface area contributed by atoms with Crippen LogP contribution in [-0.4, -0.2) is 47.2 Å². The third kappa shape index (κ3) is 3.05. The molecule has 2 aromatic heterocycles. The molecule has 0 bridgehead atoms. The van der Waals surface area contributed by atoms with Gasteiger partial charge in [0.25, 0.3) is 0 Å². The Morgan fingerprint density at radius 1 is 1.10 bits per heavy atom. The molecule has 2 aliphatic heterocycles. The summed E-state index contributed by atoms with van der Waals surface area (Å²) in [5.74, 6) is 1.77. The van der Waals surface area contributed by atoms with Crippen LogP contribution < -0.4 is 14.5 Å². The summed E-state index contributed by atoms with van der Waals surface area (Å²) in [4.78, 5) is 27.2. The van der Waals surface area contributed by atoms with E-state index in [1.165, 1.54) is 0 Å². The van der Waals surface area contributed by atoms with Gasteiger partial charge in [-0.1, -0.05) is 23.5 Å². The molecule has 0 spiro atoms. The lowest BCUT2D eigenvalue weighted by molar-refractivity contribution is -0.122. The zero-order chi connectivity index (χ0) is 20.9. The molecule has 7 nitrogen and oxygen atoms in total. The largest absolute Gasteiger partial charge is 0.497 e. The van der Waals surface area contributed by atoms with E-state index in [1.54, 1.807) is 18.4 Å². The number of hydrogen-bond donors (Lipinski definition) is 0. The van der Waals surface area contributed by atoms with E-state index in [0.717, 1.165) is 64.0 Å². The van der Waals surface area contributed by atoms with E-state index in [4.69, 9.17) is 14.7 Å². The second-order valence-corrected chi connectivity index (χ2v) is 9.17. The SMILES string of the molecule is COc1ccc2nc(N3CCCC(C(=O)N4CCn5c4nc4ccccc45)C3)sc2c1. The van der Waals surface area contributed by atoms with Crippen LogP contribution in [0.1, 0.15) is 12.8 Å². The van der Waals surface area contributed by atoms with E-state index in [0.29, 0.717) is 13.1 Å². The number of thiazole rings is 1. The number of anilines is 2. The maximum atomic E-state index is 13.5. The van der Waals surface area contributed by atoms with E-state index in [-0.39, 0.29) is 11.8 Å². The van der Waals surface area contributed by atoms with Gasteiger partial charge in [-0.15, -0.1) is 0 Å². The number of fused-ring (bicyclic) bond motifs is 4. The highest BCUT2D eigenvalue weighted by Gasteiger charge is 2.35. The maximum Gasteiger partial charge on any atom is 0.234 e. The van der Waals surface area contributed by atoms with E-state index in [9.17, 15) is 4.79 Å². The van der Waals surface area contributed by atoms with E-state index in [2.05, 4.69) is 15.5 Å². The molecule has 6 rings (SSSR count). The lowest BCUT2D eigenvalue weighted by Gasteiger charge is -2.33. The van der Waals surface area contributed by atoms with Crippen LogP contribution >= 0.6 is 11.3 Å². The summed E-state index contributed by atoms with van der Waals surface area (Å²) in [7, 11) is 1.68. The quantitative estimate of drug-likeness (QED) is 0.490. The summed E-state index contributed by atoms with van der Waals surface area (Å²) in [5, 5.41) is 0.981. The first-order chi connectivity index (χ1) is 15.2. The van der Waals surface area contributed by atoms with Crippen molar-refractivity contribution in [3.63, 3.8) is 0 Å². The minimum absolute atomic E-state index is 0.0401. The van der Waals surface area contributed by atoms with E-state index >= 15 is 0 Å². The number of carbonyl (C=O) groups is 1. The van der Waals surface area contributed by atoms with Crippen molar-refractivity contribution in [1.82, 2.24) is 14.5 Å². The number of benzene rings is 2. The van der Waals surface area contributed by atoms with Crippen molar-refractivity contribution >= 4 is 49.6 Å². The fourth-order valence-corrected chi connectivity index (χ4v) is 5.75. The molecular formula is C23H23N5O2S. The summed E-state index contributed by atoms with van der Waals surface area (Å²) in [6, 6.07) is 14.1. The second-order valence-electron chi connectivity index (χ2n) is 8.16. The molecular weight excluding hydrogens is 410 g/mol. The van der Waals surface area contributed by atoms with E-state index < -0.39 is 0 Å². The second kappa shape index (κ2) is 7.23. The predicted molar refractivity (Wildman–Crippen MR) is 123 cm³/mol. The van der Waals surface area contributed by atoms with E-state index in [1.807, 2.05) is 41.3 Å². The molecule has 0 aliphatic carbocycles. The fraction of sp³-hybridized carbons (Fsp3) is 0.348. The smallest absolute Gasteiger partial charge is 0.234 e. The zero-order valence-electron chi connectivity index (χ0n) is 17.3. The molecule has 4 heterocycles. The van der Waals surface area contributed by atoms with Crippen LogP contribution in [0.4, 0.5) is 11.1 Å². The van der Waals surface area contributed by atoms with Gasteiger partial charge in [0.1, 0.15) is 5.75 Å². The van der Waals surface area contributed by atoms with Crippen LogP contribution in [0.15, 0.2) is 42.5 Å². The molecule has 1 saturated heterocycles. The fourth-order valence-electron chi connectivity index (χ4n) is 4.73. The first-order valence-corrected chi connectivity index (χ1v) is 11.5. The summed E-state index contributed by atoms with van der Waals surface area (Å²) in [5.41, 5.74) is 3.02. The van der Waals surface area contributed by atoms with Crippen molar-refractivity contribution in [3.05, 3.63) is 42.5 Å². The Kier molecular flexibility index (Phi) is 4.34. The average Bonchev–Trinajstić information content (AvgIpc) is 3.51. The van der Waals surface area contributed by atoms with Gasteiger partial charge in [0.2, 0.25) is 11.9 Å². The summed E-state index contributed by atoms with van der Waals surface area (Å²) >= 11 is 1.66. The zero-order valence-corrected chi connectivity index (χ0v) is 18.1. The number of carbonyl (C=O) groups excluding carboxylic acids is 1. The molecule has 31 heavy (non-hydrogen) atoms. The number of para-hydroxylation sites is 2. The Morgan fingerprint density at radius 2 is 2.00 bits per heavy atom. The highest BCUT2D eigenvalue weighted by atomic mass is 32.1. The molecule has 1 unspecified atom stereocenters. The molecule has 158 valence electrons. The standard InChI is InChI=1S/C23H23N5O2S/c1-30-16-8-9-18-20(13-16)31-23(25-18)26-10-4-5-15(14-26)21(29)28-12-11-27-19-7-3-2-6-17(19)24-22(27)28/h2-3,6-9,13,15H,4-5,10-12,14H2,1H3. The Labute approximate surface area is 183 Å². The van der Waals surface area contributed by atoms with Gasteiger partial charge in [-0.2, -0.15) is 0 Å². The van der Waals surface area contributed by atoms with Crippen molar-refractivity contribution in [3.8, 4) is 5.75 Å². The van der Waals surface area contributed by atoms with Crippen LogP contribution in [0.5, 0.6) is 5.75 Å². The molecule has 2 aliphatic rings. The number of nitrogens with zero attached hydrogens (tertiary/aromatic N) is 5. The normalized spacial score (nSPS) is 18.7. The van der Waals surface area contributed by atoms with Gasteiger partial charge in [0.05, 0.1) is 34.3 Å². The Hall–Kier alpha value is -3.13. The first kappa shape index (κ1) is 18.6. The molecule has 4 aromatic rings. The number of hydrogen-bond acceptors (Lipinski definition) is 6. The number of rotatable bonds is 3. The van der Waals surface area contributed by atoms with Crippen LogP contribution in [-0.2, 0) is 11.3 Å². The van der Waals surface area contributed by atoms with Gasteiger partial charge in [-0.05, 0) is 43.2 Å². The molecule has 0 saturated carbocycles. The number of imidazole rings is 1. The van der Waals surface area contributed by atoms with Crippen molar-refractivity contribution < 1.29 is 9.53 Å². The number of ether oxygens (including phenoxy) is 1. The third-order valence-electron chi connectivity index (χ3n) is 6.31. The minimum Gasteiger partial charge on any atom is -0.497 e.